The van der Waals surface area contributed by atoms with Crippen molar-refractivity contribution in [2.45, 2.75) is 24.9 Å². The standard InChI is InChI=1S/C15H18BrN5O/c16-12-13(9-2-1-4-18-6-9)20-15-11(10-3-5-22-8-10)7-19-21(15)14(12)17/h3,5,7-9,11,15,17-18,20H,1-2,4,6H2. The first-order valence-electron chi connectivity index (χ1n) is 7.57. The quantitative estimate of drug-likeness (QED) is 0.752. The van der Waals surface area contributed by atoms with Crippen molar-refractivity contribution < 1.29 is 4.42 Å². The second-order valence-corrected chi connectivity index (χ2v) is 6.69. The minimum atomic E-state index is -0.0525. The lowest BCUT2D eigenvalue weighted by atomic mass is 9.92. The Labute approximate surface area is 137 Å². The molecule has 3 atom stereocenters. The molecule has 4 rings (SSSR count). The molecule has 1 aromatic heterocycles. The monoisotopic (exact) mass is 363 g/mol. The molecule has 3 aliphatic rings. The van der Waals surface area contributed by atoms with Gasteiger partial charge in [0, 0.05) is 29.9 Å². The maximum absolute atomic E-state index is 8.41. The summed E-state index contributed by atoms with van der Waals surface area (Å²) >= 11 is 3.59. The number of amidine groups is 1. The number of hydrazone groups is 1. The zero-order valence-corrected chi connectivity index (χ0v) is 13.6. The lowest BCUT2D eigenvalue weighted by Crippen LogP contribution is -2.52. The van der Waals surface area contributed by atoms with E-state index in [1.165, 1.54) is 6.42 Å². The van der Waals surface area contributed by atoms with Crippen LogP contribution in [0.15, 0.2) is 38.3 Å². The highest BCUT2D eigenvalue weighted by atomic mass is 79.9. The maximum atomic E-state index is 8.41. The molecule has 3 unspecified atom stereocenters. The average Bonchev–Trinajstić information content (AvgIpc) is 3.20. The van der Waals surface area contributed by atoms with Crippen LogP contribution in [0.25, 0.3) is 0 Å². The van der Waals surface area contributed by atoms with Gasteiger partial charge in [-0.25, -0.2) is 5.01 Å². The molecule has 1 fully saturated rings. The molecule has 3 aliphatic heterocycles. The molecule has 6 nitrogen and oxygen atoms in total. The van der Waals surface area contributed by atoms with Crippen molar-refractivity contribution >= 4 is 28.0 Å². The van der Waals surface area contributed by atoms with Crippen LogP contribution >= 0.6 is 15.9 Å². The normalized spacial score (nSPS) is 31.4. The molecule has 0 aromatic carbocycles. The van der Waals surface area contributed by atoms with Gasteiger partial charge in [-0.2, -0.15) is 5.10 Å². The van der Waals surface area contributed by atoms with Gasteiger partial charge in [-0.05, 0) is 41.4 Å². The number of nitrogens with one attached hydrogen (secondary N) is 3. The second-order valence-electron chi connectivity index (χ2n) is 5.90. The Morgan fingerprint density at radius 1 is 1.45 bits per heavy atom. The van der Waals surface area contributed by atoms with Gasteiger partial charge in [-0.1, -0.05) is 0 Å². The first-order chi connectivity index (χ1) is 10.8. The summed E-state index contributed by atoms with van der Waals surface area (Å²) in [5.74, 6) is 0.925. The zero-order chi connectivity index (χ0) is 15.1. The summed E-state index contributed by atoms with van der Waals surface area (Å²) in [6.07, 6.45) is 7.57. The fourth-order valence-corrected chi connectivity index (χ4v) is 4.00. The van der Waals surface area contributed by atoms with Crippen molar-refractivity contribution in [1.29, 1.82) is 5.41 Å². The van der Waals surface area contributed by atoms with E-state index in [1.807, 2.05) is 12.3 Å². The van der Waals surface area contributed by atoms with Crippen molar-refractivity contribution in [3.05, 3.63) is 34.3 Å². The summed E-state index contributed by atoms with van der Waals surface area (Å²) in [5.41, 5.74) is 2.20. The van der Waals surface area contributed by atoms with E-state index < -0.39 is 0 Å². The Balaban J connectivity index is 1.64. The van der Waals surface area contributed by atoms with Crippen LogP contribution in [0.4, 0.5) is 0 Å². The summed E-state index contributed by atoms with van der Waals surface area (Å²) in [7, 11) is 0. The van der Waals surface area contributed by atoms with Crippen LogP contribution in [0.2, 0.25) is 0 Å². The van der Waals surface area contributed by atoms with Gasteiger partial charge >= 0.3 is 0 Å². The Hall–Kier alpha value is -1.60. The molecule has 0 saturated carbocycles. The number of fused-ring (bicyclic) bond motifs is 1. The van der Waals surface area contributed by atoms with E-state index in [0.29, 0.717) is 11.8 Å². The van der Waals surface area contributed by atoms with Gasteiger partial charge in [0.25, 0.3) is 0 Å². The Morgan fingerprint density at radius 2 is 2.36 bits per heavy atom. The lowest BCUT2D eigenvalue weighted by Gasteiger charge is -2.38. The van der Waals surface area contributed by atoms with Crippen LogP contribution < -0.4 is 10.6 Å². The minimum absolute atomic E-state index is 0.0525. The smallest absolute Gasteiger partial charge is 0.159 e. The van der Waals surface area contributed by atoms with Crippen LogP contribution in [-0.4, -0.2) is 36.3 Å². The Kier molecular flexibility index (Phi) is 3.54. The maximum Gasteiger partial charge on any atom is 0.159 e. The fourth-order valence-electron chi connectivity index (χ4n) is 3.38. The highest BCUT2D eigenvalue weighted by molar-refractivity contribution is 9.12. The third kappa shape index (κ3) is 2.19. The molecule has 0 spiro atoms. The van der Waals surface area contributed by atoms with Gasteiger partial charge in [0.2, 0.25) is 0 Å². The van der Waals surface area contributed by atoms with E-state index in [0.717, 1.165) is 35.3 Å². The molecular formula is C15H18BrN5O. The van der Waals surface area contributed by atoms with Crippen LogP contribution in [0.1, 0.15) is 24.3 Å². The van der Waals surface area contributed by atoms with Crippen LogP contribution in [0, 0.1) is 11.3 Å². The van der Waals surface area contributed by atoms with E-state index in [4.69, 9.17) is 9.83 Å². The fraction of sp³-hybridized carbons (Fsp3) is 0.467. The van der Waals surface area contributed by atoms with Crippen molar-refractivity contribution in [2.75, 3.05) is 13.1 Å². The van der Waals surface area contributed by atoms with Gasteiger partial charge in [0.15, 0.2) is 5.84 Å². The van der Waals surface area contributed by atoms with Gasteiger partial charge in [0.1, 0.15) is 6.17 Å². The predicted molar refractivity (Wildman–Crippen MR) is 88.0 cm³/mol. The molecular weight excluding hydrogens is 346 g/mol. The summed E-state index contributed by atoms with van der Waals surface area (Å²) in [4.78, 5) is 0. The molecule has 0 amide bonds. The number of halogens is 1. The van der Waals surface area contributed by atoms with E-state index in [-0.39, 0.29) is 12.1 Å². The molecule has 116 valence electrons. The lowest BCUT2D eigenvalue weighted by molar-refractivity contribution is 0.273. The highest BCUT2D eigenvalue weighted by Crippen LogP contribution is 2.36. The number of hydrogen-bond acceptors (Lipinski definition) is 5. The summed E-state index contributed by atoms with van der Waals surface area (Å²) in [6.45, 7) is 2.03. The molecule has 1 aromatic rings. The van der Waals surface area contributed by atoms with E-state index in [9.17, 15) is 0 Å². The Morgan fingerprint density at radius 3 is 3.09 bits per heavy atom. The summed E-state index contributed by atoms with van der Waals surface area (Å²) in [6, 6.07) is 1.96. The highest BCUT2D eigenvalue weighted by Gasteiger charge is 2.41. The number of nitrogens with zero attached hydrogens (tertiary/aromatic N) is 2. The molecule has 1 saturated heterocycles. The molecule has 3 N–H and O–H groups in total. The van der Waals surface area contributed by atoms with Crippen molar-refractivity contribution in [3.8, 4) is 0 Å². The van der Waals surface area contributed by atoms with E-state index >= 15 is 0 Å². The van der Waals surface area contributed by atoms with Crippen LogP contribution in [-0.2, 0) is 0 Å². The van der Waals surface area contributed by atoms with Crippen LogP contribution in [0.3, 0.4) is 0 Å². The molecule has 0 bridgehead atoms. The minimum Gasteiger partial charge on any atom is -0.472 e. The van der Waals surface area contributed by atoms with Gasteiger partial charge in [0.05, 0.1) is 22.9 Å². The molecule has 0 aliphatic carbocycles. The second kappa shape index (κ2) is 5.55. The topological polar surface area (TPSA) is 76.6 Å². The van der Waals surface area contributed by atoms with E-state index in [1.54, 1.807) is 17.5 Å². The molecule has 22 heavy (non-hydrogen) atoms. The predicted octanol–water partition coefficient (Wildman–Crippen LogP) is 2.18. The number of rotatable bonds is 2. The number of furan rings is 1. The van der Waals surface area contributed by atoms with Gasteiger partial charge in [-0.3, -0.25) is 5.41 Å². The molecule has 7 heteroatoms. The zero-order valence-electron chi connectivity index (χ0n) is 12.1. The third-order valence-electron chi connectivity index (χ3n) is 4.57. The molecule has 0 radical (unpaired) electrons. The largest absolute Gasteiger partial charge is 0.472 e. The first kappa shape index (κ1) is 14.0. The van der Waals surface area contributed by atoms with E-state index in [2.05, 4.69) is 31.7 Å². The first-order valence-corrected chi connectivity index (χ1v) is 8.36. The summed E-state index contributed by atoms with van der Waals surface area (Å²) in [5, 5.41) is 21.6. The molecule has 4 heterocycles. The average molecular weight is 364 g/mol. The van der Waals surface area contributed by atoms with Gasteiger partial charge < -0.3 is 15.1 Å². The Bertz CT molecular complexity index is 632. The van der Waals surface area contributed by atoms with Crippen molar-refractivity contribution in [1.82, 2.24) is 15.6 Å². The van der Waals surface area contributed by atoms with Gasteiger partial charge in [-0.15, -0.1) is 0 Å². The number of hydrogen-bond donors (Lipinski definition) is 3. The van der Waals surface area contributed by atoms with Crippen LogP contribution in [0.5, 0.6) is 0 Å². The SMILES string of the molecule is N=C1C(Br)=C(C2CCCNC2)NC2C(c3ccoc3)C=NN12. The van der Waals surface area contributed by atoms with Crippen molar-refractivity contribution in [2.24, 2.45) is 11.0 Å². The third-order valence-corrected chi connectivity index (χ3v) is 5.37. The van der Waals surface area contributed by atoms with Crippen molar-refractivity contribution in [3.63, 3.8) is 0 Å². The summed E-state index contributed by atoms with van der Waals surface area (Å²) < 4.78 is 6.03. The number of piperidine rings is 1.